The van der Waals surface area contributed by atoms with Gasteiger partial charge in [-0.05, 0) is 16.2 Å². The molecule has 0 aliphatic carbocycles. The average molecular weight is 182 g/mol. The maximum atomic E-state index is 11.9. The van der Waals surface area contributed by atoms with E-state index in [0.717, 1.165) is 0 Å². The fourth-order valence-corrected chi connectivity index (χ4v) is 0.704. The van der Waals surface area contributed by atoms with Crippen molar-refractivity contribution in [2.45, 2.75) is 11.4 Å². The van der Waals surface area contributed by atoms with E-state index in [2.05, 4.69) is 28.2 Å². The minimum Gasteiger partial charge on any atom is -0.215 e. The van der Waals surface area contributed by atoms with E-state index in [-0.39, 0.29) is 0 Å². The van der Waals surface area contributed by atoms with Gasteiger partial charge in [0.1, 0.15) is 0 Å². The van der Waals surface area contributed by atoms with Crippen molar-refractivity contribution in [1.82, 2.24) is 4.58 Å². The molecule has 9 heavy (non-hydrogen) atoms. The molecule has 1 rings (SSSR count). The van der Waals surface area contributed by atoms with Gasteiger partial charge < -0.3 is 0 Å². The van der Waals surface area contributed by atoms with E-state index in [1.807, 2.05) is 0 Å². The molecule has 0 amide bonds. The summed E-state index contributed by atoms with van der Waals surface area (Å²) in [6.07, 6.45) is 0. The summed E-state index contributed by atoms with van der Waals surface area (Å²) in [6.45, 7) is 0. The zero-order valence-electron chi connectivity index (χ0n) is 3.75. The van der Waals surface area contributed by atoms with E-state index in [1.54, 1.807) is 0 Å². The Morgan fingerprint density at radius 3 is 1.78 bits per heavy atom. The van der Waals surface area contributed by atoms with Crippen molar-refractivity contribution in [3.05, 3.63) is 0 Å². The third kappa shape index (κ3) is 0.797. The highest BCUT2D eigenvalue weighted by molar-refractivity contribution is 6.24. The molecule has 0 saturated carbocycles. The number of nitrogens with zero attached hydrogens (tertiary/aromatic N) is 1. The zero-order chi connectivity index (χ0) is 7.28. The molecule has 2 nitrogen and oxygen atoms in total. The lowest BCUT2D eigenvalue weighted by Gasteiger charge is -2.41. The summed E-state index contributed by atoms with van der Waals surface area (Å²) in [5, 5.41) is -3.48. The Labute approximate surface area is 58.1 Å². The molecule has 1 aliphatic heterocycles. The number of halogens is 5. The van der Waals surface area contributed by atoms with Crippen molar-refractivity contribution >= 4 is 23.4 Å². The van der Waals surface area contributed by atoms with Gasteiger partial charge in [-0.25, -0.2) is 4.84 Å². The van der Waals surface area contributed by atoms with Gasteiger partial charge in [0, 0.05) is 11.8 Å². The fourth-order valence-electron chi connectivity index (χ4n) is 0.276. The second kappa shape index (κ2) is 1.66. The van der Waals surface area contributed by atoms with E-state index in [4.69, 9.17) is 0 Å². The monoisotopic (exact) mass is 181 g/mol. The predicted molar refractivity (Wildman–Crippen MR) is 23.4 cm³/mol. The van der Waals surface area contributed by atoms with E-state index in [0.29, 0.717) is 0 Å². The number of hydrogen-bond donors (Lipinski definition) is 0. The Bertz CT molecular complexity index is 140. The minimum absolute atomic E-state index is 0.472. The van der Waals surface area contributed by atoms with Crippen LogP contribution in [0.15, 0.2) is 0 Å². The number of hydrogen-bond acceptors (Lipinski definition) is 2. The van der Waals surface area contributed by atoms with Crippen molar-refractivity contribution in [1.29, 1.82) is 0 Å². The molecule has 7 heteroatoms. The Balaban J connectivity index is 2.70. The molecule has 0 N–H and O–H groups in total. The molecule has 0 aromatic carbocycles. The molecule has 1 saturated heterocycles. The maximum absolute atomic E-state index is 11.9. The lowest BCUT2D eigenvalue weighted by molar-refractivity contribution is -0.485. The molecule has 0 unspecified atom stereocenters. The summed E-state index contributed by atoms with van der Waals surface area (Å²) in [7, 11) is 0. The first kappa shape index (κ1) is 7.40. The molecule has 54 valence electrons. The molecule has 0 aromatic rings. The van der Waals surface area contributed by atoms with E-state index in [9.17, 15) is 13.2 Å². The molecule has 0 aromatic heterocycles. The smallest absolute Gasteiger partial charge is 0.215 e. The quantitative estimate of drug-likeness (QED) is 0.322. The fraction of sp³-hybridized carbons (Fsp3) is 1.00. The van der Waals surface area contributed by atoms with Gasteiger partial charge in [-0.1, -0.05) is 0 Å². The third-order valence-electron chi connectivity index (χ3n) is 0.766. The first-order valence-electron chi connectivity index (χ1n) is 1.79. The van der Waals surface area contributed by atoms with Crippen LogP contribution in [-0.4, -0.2) is 15.9 Å². The van der Waals surface area contributed by atoms with Crippen LogP contribution in [0.2, 0.25) is 0 Å². The summed E-state index contributed by atoms with van der Waals surface area (Å²) in [5.74, 6) is 0. The molecule has 0 bridgehead atoms. The first-order chi connectivity index (χ1) is 3.88. The molecule has 1 fully saturated rings. The third-order valence-corrected chi connectivity index (χ3v) is 1.34. The molecule has 1 heterocycles. The molecular formula is C2Cl2F3NO. The highest BCUT2D eigenvalue weighted by atomic mass is 35.5. The normalized spacial score (nSPS) is 42.3. The Morgan fingerprint density at radius 2 is 1.78 bits per heavy atom. The van der Waals surface area contributed by atoms with E-state index >= 15 is 0 Å². The van der Waals surface area contributed by atoms with Crippen LogP contribution in [0.25, 0.3) is 0 Å². The second-order valence-corrected chi connectivity index (χ2v) is 2.19. The van der Waals surface area contributed by atoms with Gasteiger partial charge in [0.15, 0.2) is 0 Å². The Kier molecular flexibility index (Phi) is 1.36. The second-order valence-electron chi connectivity index (χ2n) is 1.39. The van der Waals surface area contributed by atoms with Crippen molar-refractivity contribution in [2.24, 2.45) is 0 Å². The molecule has 0 spiro atoms. The van der Waals surface area contributed by atoms with Crippen molar-refractivity contribution in [3.8, 4) is 0 Å². The first-order valence-corrected chi connectivity index (χ1v) is 2.50. The van der Waals surface area contributed by atoms with Gasteiger partial charge in [-0.3, -0.25) is 0 Å². The summed E-state index contributed by atoms with van der Waals surface area (Å²) >= 11 is 8.99. The SMILES string of the molecule is FC1(F)N(Cl)O[C@]1(F)Cl. The summed E-state index contributed by atoms with van der Waals surface area (Å²) in [4.78, 5) is 3.49. The lowest BCUT2D eigenvalue weighted by atomic mass is 10.5. The zero-order valence-corrected chi connectivity index (χ0v) is 5.26. The van der Waals surface area contributed by atoms with Crippen LogP contribution in [-0.2, 0) is 4.84 Å². The van der Waals surface area contributed by atoms with Crippen molar-refractivity contribution < 1.29 is 18.0 Å². The van der Waals surface area contributed by atoms with Gasteiger partial charge in [-0.15, -0.1) is 0 Å². The predicted octanol–water partition coefficient (Wildman–Crippen LogP) is 1.84. The molecule has 0 radical (unpaired) electrons. The number of rotatable bonds is 0. The highest BCUT2D eigenvalue weighted by Gasteiger charge is 2.72. The van der Waals surface area contributed by atoms with Crippen LogP contribution in [0.3, 0.4) is 0 Å². The van der Waals surface area contributed by atoms with Gasteiger partial charge in [0.25, 0.3) is 0 Å². The van der Waals surface area contributed by atoms with Crippen LogP contribution in [0, 0.1) is 0 Å². The maximum Gasteiger partial charge on any atom is 0.414 e. The Hall–Kier alpha value is 0.290. The van der Waals surface area contributed by atoms with Crippen LogP contribution < -0.4 is 0 Å². The van der Waals surface area contributed by atoms with Gasteiger partial charge in [0.05, 0.1) is 0 Å². The van der Waals surface area contributed by atoms with Crippen LogP contribution in [0.1, 0.15) is 0 Å². The van der Waals surface area contributed by atoms with E-state index < -0.39 is 15.9 Å². The minimum atomic E-state index is -3.95. The van der Waals surface area contributed by atoms with Crippen molar-refractivity contribution in [2.75, 3.05) is 0 Å². The number of alkyl halides is 4. The molecule has 1 aliphatic rings. The molecular weight excluding hydrogens is 182 g/mol. The lowest BCUT2D eigenvalue weighted by Crippen LogP contribution is -2.63. The van der Waals surface area contributed by atoms with E-state index in [1.165, 1.54) is 0 Å². The van der Waals surface area contributed by atoms with Gasteiger partial charge >= 0.3 is 11.4 Å². The molecule has 1 atom stereocenters. The highest BCUT2D eigenvalue weighted by Crippen LogP contribution is 2.51. The summed E-state index contributed by atoms with van der Waals surface area (Å²) < 4.78 is 35.2. The van der Waals surface area contributed by atoms with Crippen LogP contribution >= 0.6 is 23.4 Å². The topological polar surface area (TPSA) is 12.5 Å². The van der Waals surface area contributed by atoms with Crippen LogP contribution in [0.4, 0.5) is 13.2 Å². The van der Waals surface area contributed by atoms with Gasteiger partial charge in [-0.2, -0.15) is 13.2 Å². The Morgan fingerprint density at radius 1 is 1.33 bits per heavy atom. The van der Waals surface area contributed by atoms with Crippen molar-refractivity contribution in [3.63, 3.8) is 0 Å². The van der Waals surface area contributed by atoms with Crippen LogP contribution in [0.5, 0.6) is 0 Å². The largest absolute Gasteiger partial charge is 0.414 e. The average Bonchev–Trinajstić information content (AvgIpc) is 1.65. The summed E-state index contributed by atoms with van der Waals surface area (Å²) in [5.41, 5.74) is 0. The summed E-state index contributed by atoms with van der Waals surface area (Å²) in [6, 6.07) is -3.95. The van der Waals surface area contributed by atoms with Gasteiger partial charge in [0.2, 0.25) is 0 Å². The number of hydroxylamine groups is 1. The standard InChI is InChI=1S/C2Cl2F3NO/c3-1(5)2(6,7)8(4)9-1/t1-/m0/s1.